The summed E-state index contributed by atoms with van der Waals surface area (Å²) in [5.74, 6) is -0.827. The first-order valence-electron chi connectivity index (χ1n) is 5.77. The SMILES string of the molecule is COc1ccc(Br)c(S(=O)(=O)N(CC(=O)O)C(C)C)c1. The van der Waals surface area contributed by atoms with Crippen molar-refractivity contribution in [1.29, 1.82) is 0 Å². The van der Waals surface area contributed by atoms with Crippen LogP contribution < -0.4 is 4.74 Å². The summed E-state index contributed by atoms with van der Waals surface area (Å²) in [6.45, 7) is 2.65. The van der Waals surface area contributed by atoms with Crippen molar-refractivity contribution in [3.63, 3.8) is 0 Å². The third-order valence-electron chi connectivity index (χ3n) is 2.59. The number of sulfonamides is 1. The zero-order chi connectivity index (χ0) is 15.5. The fourth-order valence-electron chi connectivity index (χ4n) is 1.61. The van der Waals surface area contributed by atoms with Crippen molar-refractivity contribution < 1.29 is 23.1 Å². The molecule has 0 atom stereocenters. The third-order valence-corrected chi connectivity index (χ3v) is 5.61. The maximum absolute atomic E-state index is 12.6. The van der Waals surface area contributed by atoms with E-state index in [4.69, 9.17) is 9.84 Å². The molecule has 0 aliphatic rings. The standard InChI is InChI=1S/C12H16BrNO5S/c1-8(2)14(7-12(15)16)20(17,18)11-6-9(19-3)4-5-10(11)13/h4-6,8H,7H2,1-3H3,(H,15,16). The van der Waals surface area contributed by atoms with Crippen LogP contribution in [0.15, 0.2) is 27.6 Å². The monoisotopic (exact) mass is 365 g/mol. The quantitative estimate of drug-likeness (QED) is 0.832. The molecule has 0 spiro atoms. The molecule has 0 fully saturated rings. The lowest BCUT2D eigenvalue weighted by Crippen LogP contribution is -2.40. The van der Waals surface area contributed by atoms with Crippen molar-refractivity contribution in [1.82, 2.24) is 4.31 Å². The number of carboxylic acids is 1. The molecule has 6 nitrogen and oxygen atoms in total. The highest BCUT2D eigenvalue weighted by Crippen LogP contribution is 2.29. The lowest BCUT2D eigenvalue weighted by atomic mass is 10.3. The first kappa shape index (κ1) is 16.9. The molecule has 0 radical (unpaired) electrons. The van der Waals surface area contributed by atoms with Gasteiger partial charge in [0.15, 0.2) is 0 Å². The van der Waals surface area contributed by atoms with Crippen LogP contribution in [-0.2, 0) is 14.8 Å². The Labute approximate surface area is 126 Å². The van der Waals surface area contributed by atoms with Gasteiger partial charge in [-0.05, 0) is 41.9 Å². The molecule has 0 aliphatic heterocycles. The number of methoxy groups -OCH3 is 1. The summed E-state index contributed by atoms with van der Waals surface area (Å²) in [6.07, 6.45) is 0. The molecule has 0 saturated heterocycles. The summed E-state index contributed by atoms with van der Waals surface area (Å²) in [5.41, 5.74) is 0. The summed E-state index contributed by atoms with van der Waals surface area (Å²) < 4.78 is 31.4. The number of carbonyl (C=O) groups is 1. The van der Waals surface area contributed by atoms with Gasteiger partial charge in [-0.25, -0.2) is 8.42 Å². The zero-order valence-electron chi connectivity index (χ0n) is 11.3. The van der Waals surface area contributed by atoms with Gasteiger partial charge in [0.1, 0.15) is 17.2 Å². The molecule has 20 heavy (non-hydrogen) atoms. The predicted molar refractivity (Wildman–Crippen MR) is 77.4 cm³/mol. The number of hydrogen-bond donors (Lipinski definition) is 1. The molecule has 0 aromatic heterocycles. The number of ether oxygens (including phenoxy) is 1. The van der Waals surface area contributed by atoms with Crippen LogP contribution in [0.1, 0.15) is 13.8 Å². The second-order valence-corrected chi connectivity index (χ2v) is 7.05. The topological polar surface area (TPSA) is 83.9 Å². The van der Waals surface area contributed by atoms with Gasteiger partial charge in [-0.1, -0.05) is 0 Å². The van der Waals surface area contributed by atoms with Gasteiger partial charge in [-0.15, -0.1) is 0 Å². The Kier molecular flexibility index (Phi) is 5.55. The first-order chi connectivity index (χ1) is 9.20. The molecule has 1 rings (SSSR count). The van der Waals surface area contributed by atoms with Gasteiger partial charge >= 0.3 is 5.97 Å². The van der Waals surface area contributed by atoms with Gasteiger partial charge in [0.05, 0.1) is 7.11 Å². The van der Waals surface area contributed by atoms with Crippen LogP contribution in [0, 0.1) is 0 Å². The Morgan fingerprint density at radius 1 is 1.45 bits per heavy atom. The molecule has 8 heteroatoms. The van der Waals surface area contributed by atoms with Crippen LogP contribution in [-0.4, -0.2) is 43.5 Å². The van der Waals surface area contributed by atoms with Gasteiger partial charge in [0.25, 0.3) is 0 Å². The highest BCUT2D eigenvalue weighted by molar-refractivity contribution is 9.10. The van der Waals surface area contributed by atoms with E-state index >= 15 is 0 Å². The van der Waals surface area contributed by atoms with Crippen LogP contribution in [0.5, 0.6) is 5.75 Å². The molecule has 1 aromatic carbocycles. The molecule has 0 amide bonds. The number of hydrogen-bond acceptors (Lipinski definition) is 4. The molecule has 112 valence electrons. The summed E-state index contributed by atoms with van der Waals surface area (Å²) in [6, 6.07) is 4.04. The van der Waals surface area contributed by atoms with Crippen molar-refractivity contribution in [2.45, 2.75) is 24.8 Å². The van der Waals surface area contributed by atoms with Crippen molar-refractivity contribution in [2.75, 3.05) is 13.7 Å². The number of nitrogens with zero attached hydrogens (tertiary/aromatic N) is 1. The molecule has 0 heterocycles. The normalized spacial score (nSPS) is 11.9. The summed E-state index contributed by atoms with van der Waals surface area (Å²) in [5, 5.41) is 8.87. The Hall–Kier alpha value is -1.12. The predicted octanol–water partition coefficient (Wildman–Crippen LogP) is 1.94. The van der Waals surface area contributed by atoms with E-state index in [0.717, 1.165) is 4.31 Å². The van der Waals surface area contributed by atoms with Crippen molar-refractivity contribution in [2.24, 2.45) is 0 Å². The van der Waals surface area contributed by atoms with E-state index in [-0.39, 0.29) is 4.90 Å². The first-order valence-corrected chi connectivity index (χ1v) is 8.00. The van der Waals surface area contributed by atoms with E-state index in [0.29, 0.717) is 10.2 Å². The molecular weight excluding hydrogens is 350 g/mol. The lowest BCUT2D eigenvalue weighted by molar-refractivity contribution is -0.137. The summed E-state index contributed by atoms with van der Waals surface area (Å²) in [4.78, 5) is 10.8. The van der Waals surface area contributed by atoms with Crippen molar-refractivity contribution in [3.8, 4) is 5.75 Å². The number of aliphatic carboxylic acids is 1. The Bertz CT molecular complexity index is 600. The fraction of sp³-hybridized carbons (Fsp3) is 0.417. The Morgan fingerprint density at radius 3 is 2.50 bits per heavy atom. The average molecular weight is 366 g/mol. The molecule has 0 unspecified atom stereocenters. The highest BCUT2D eigenvalue weighted by Gasteiger charge is 2.30. The van der Waals surface area contributed by atoms with E-state index in [2.05, 4.69) is 15.9 Å². The van der Waals surface area contributed by atoms with Crippen LogP contribution >= 0.6 is 15.9 Å². The maximum Gasteiger partial charge on any atom is 0.318 e. The van der Waals surface area contributed by atoms with Crippen molar-refractivity contribution >= 4 is 31.9 Å². The van der Waals surface area contributed by atoms with E-state index in [9.17, 15) is 13.2 Å². The number of rotatable bonds is 6. The largest absolute Gasteiger partial charge is 0.497 e. The third kappa shape index (κ3) is 3.71. The van der Waals surface area contributed by atoms with Crippen LogP contribution in [0.3, 0.4) is 0 Å². The molecule has 1 aromatic rings. The van der Waals surface area contributed by atoms with Gasteiger partial charge in [0.2, 0.25) is 10.0 Å². The van der Waals surface area contributed by atoms with Gasteiger partial charge in [-0.3, -0.25) is 4.79 Å². The minimum Gasteiger partial charge on any atom is -0.497 e. The number of carboxylic acid groups (broad SMARTS) is 1. The smallest absolute Gasteiger partial charge is 0.318 e. The number of halogens is 1. The maximum atomic E-state index is 12.6. The highest BCUT2D eigenvalue weighted by atomic mass is 79.9. The minimum atomic E-state index is -3.93. The molecular formula is C12H16BrNO5S. The van der Waals surface area contributed by atoms with Crippen LogP contribution in [0.2, 0.25) is 0 Å². The molecule has 0 bridgehead atoms. The van der Waals surface area contributed by atoms with Crippen LogP contribution in [0.4, 0.5) is 0 Å². The van der Waals surface area contributed by atoms with Gasteiger partial charge in [0, 0.05) is 16.6 Å². The fourth-order valence-corrected chi connectivity index (χ4v) is 4.14. The number of benzene rings is 1. The Balaban J connectivity index is 3.36. The van der Waals surface area contributed by atoms with E-state index in [1.807, 2.05) is 0 Å². The molecule has 0 aliphatic carbocycles. The van der Waals surface area contributed by atoms with E-state index in [1.54, 1.807) is 26.0 Å². The molecule has 0 saturated carbocycles. The summed E-state index contributed by atoms with van der Waals surface area (Å²) in [7, 11) is -2.51. The second kappa shape index (κ2) is 6.55. The van der Waals surface area contributed by atoms with E-state index in [1.165, 1.54) is 13.2 Å². The Morgan fingerprint density at radius 2 is 2.05 bits per heavy atom. The second-order valence-electron chi connectivity index (χ2n) is 4.33. The minimum absolute atomic E-state index is 0.0215. The van der Waals surface area contributed by atoms with E-state index < -0.39 is 28.6 Å². The van der Waals surface area contributed by atoms with Gasteiger partial charge < -0.3 is 9.84 Å². The molecule has 1 N–H and O–H groups in total. The average Bonchev–Trinajstić information content (AvgIpc) is 2.35. The lowest BCUT2D eigenvalue weighted by Gasteiger charge is -2.24. The summed E-state index contributed by atoms with van der Waals surface area (Å²) >= 11 is 3.17. The van der Waals surface area contributed by atoms with Crippen molar-refractivity contribution in [3.05, 3.63) is 22.7 Å². The van der Waals surface area contributed by atoms with Crippen LogP contribution in [0.25, 0.3) is 0 Å². The van der Waals surface area contributed by atoms with Gasteiger partial charge in [-0.2, -0.15) is 4.31 Å². The zero-order valence-corrected chi connectivity index (χ0v) is 13.7.